The molecule has 0 fully saturated rings. The quantitative estimate of drug-likeness (QED) is 0.171. The molecule has 0 bridgehead atoms. The lowest BCUT2D eigenvalue weighted by atomic mass is 10.0. The maximum atomic E-state index is 11.5. The molecule has 0 saturated carbocycles. The molecule has 194 valence electrons. The van der Waals surface area contributed by atoms with Gasteiger partial charge in [-0.25, -0.2) is 0 Å². The van der Waals surface area contributed by atoms with E-state index in [-0.39, 0.29) is 19.5 Å². The molecule has 0 spiro atoms. The van der Waals surface area contributed by atoms with Crippen LogP contribution < -0.4 is 0 Å². The van der Waals surface area contributed by atoms with Gasteiger partial charge in [0.05, 0.1) is 32.7 Å². The molecule has 0 aliphatic heterocycles. The van der Waals surface area contributed by atoms with E-state index in [4.69, 9.17) is 10.2 Å². The first-order valence-electron chi connectivity index (χ1n) is 10.7. The number of carboxylic acids is 5. The van der Waals surface area contributed by atoms with Gasteiger partial charge in [-0.3, -0.25) is 38.7 Å². The normalized spacial score (nSPS) is 13.0. The number of carboxylic acid groups (broad SMARTS) is 5. The van der Waals surface area contributed by atoms with Gasteiger partial charge in [-0.2, -0.15) is 0 Å². The van der Waals surface area contributed by atoms with Crippen molar-refractivity contribution >= 4 is 29.8 Å². The summed E-state index contributed by atoms with van der Waals surface area (Å²) in [5.41, 5.74) is 0.778. The molecule has 2 atom stereocenters. The Bertz CT molecular complexity index is 847. The Balaban J connectivity index is 3.23. The third kappa shape index (κ3) is 12.5. The molecule has 13 heteroatoms. The van der Waals surface area contributed by atoms with Crippen LogP contribution in [-0.4, -0.2) is 128 Å². The van der Waals surface area contributed by atoms with E-state index in [1.54, 1.807) is 37.3 Å². The van der Waals surface area contributed by atoms with Crippen LogP contribution in [0.4, 0.5) is 0 Å². The van der Waals surface area contributed by atoms with Gasteiger partial charge in [0.2, 0.25) is 0 Å². The topological polar surface area (TPSA) is 196 Å². The molecular weight excluding hydrogens is 466 g/mol. The molecule has 1 aromatic rings. The summed E-state index contributed by atoms with van der Waals surface area (Å²) < 4.78 is 0. The molecule has 5 N–H and O–H groups in total. The first-order valence-corrected chi connectivity index (χ1v) is 10.7. The molecule has 0 aliphatic carbocycles. The van der Waals surface area contributed by atoms with E-state index < -0.39 is 74.7 Å². The van der Waals surface area contributed by atoms with Gasteiger partial charge < -0.3 is 25.5 Å². The Morgan fingerprint density at radius 2 is 1.09 bits per heavy atom. The Kier molecular flexibility index (Phi) is 12.3. The van der Waals surface area contributed by atoms with Crippen molar-refractivity contribution in [2.45, 2.75) is 25.4 Å². The van der Waals surface area contributed by atoms with E-state index in [1.807, 2.05) is 0 Å². The van der Waals surface area contributed by atoms with Crippen molar-refractivity contribution in [3.05, 3.63) is 35.9 Å². The molecular formula is C22H31N3O10. The van der Waals surface area contributed by atoms with Crippen LogP contribution in [0.5, 0.6) is 0 Å². The Hall–Kier alpha value is -3.55. The number of nitrogens with zero attached hydrogens (tertiary/aromatic N) is 3. The van der Waals surface area contributed by atoms with Crippen molar-refractivity contribution < 1.29 is 49.5 Å². The van der Waals surface area contributed by atoms with Gasteiger partial charge in [0, 0.05) is 25.2 Å². The van der Waals surface area contributed by atoms with Gasteiger partial charge in [0.15, 0.2) is 0 Å². The van der Waals surface area contributed by atoms with E-state index in [9.17, 15) is 39.3 Å². The number of aliphatic carboxylic acids is 5. The Labute approximate surface area is 201 Å². The van der Waals surface area contributed by atoms with Gasteiger partial charge in [0.25, 0.3) is 0 Å². The third-order valence-corrected chi connectivity index (χ3v) is 5.16. The number of benzene rings is 1. The zero-order chi connectivity index (χ0) is 26.5. The molecule has 13 nitrogen and oxygen atoms in total. The highest BCUT2D eigenvalue weighted by atomic mass is 16.4. The van der Waals surface area contributed by atoms with Crippen molar-refractivity contribution in [1.82, 2.24) is 14.7 Å². The van der Waals surface area contributed by atoms with Crippen molar-refractivity contribution in [1.29, 1.82) is 0 Å². The molecule has 0 amide bonds. The SMILES string of the molecule is C[C@@H](CN(CC(=O)O)C[C@H](Cc1ccccc1)N(CC(=O)O)CC(=O)O)N(CC(=O)O)CC(=O)O. The van der Waals surface area contributed by atoms with Gasteiger partial charge in [-0.1, -0.05) is 30.3 Å². The van der Waals surface area contributed by atoms with Crippen LogP contribution in [0.3, 0.4) is 0 Å². The summed E-state index contributed by atoms with van der Waals surface area (Å²) in [5, 5.41) is 46.3. The monoisotopic (exact) mass is 497 g/mol. The second-order valence-corrected chi connectivity index (χ2v) is 8.17. The molecule has 1 aromatic carbocycles. The second-order valence-electron chi connectivity index (χ2n) is 8.17. The first kappa shape index (κ1) is 29.5. The van der Waals surface area contributed by atoms with Crippen LogP contribution in [0.2, 0.25) is 0 Å². The summed E-state index contributed by atoms with van der Waals surface area (Å²) in [5.74, 6) is -6.22. The lowest BCUT2D eigenvalue weighted by molar-refractivity contribution is -0.144. The lowest BCUT2D eigenvalue weighted by Gasteiger charge is -2.36. The molecule has 0 aliphatic rings. The maximum absolute atomic E-state index is 11.5. The number of rotatable bonds is 18. The van der Waals surface area contributed by atoms with Gasteiger partial charge in [-0.05, 0) is 18.9 Å². The molecule has 0 saturated heterocycles. The Morgan fingerprint density at radius 3 is 1.51 bits per heavy atom. The summed E-state index contributed by atoms with van der Waals surface area (Å²) in [6.45, 7) is -1.39. The van der Waals surface area contributed by atoms with Gasteiger partial charge in [0.1, 0.15) is 0 Å². The second kappa shape index (κ2) is 14.7. The zero-order valence-electron chi connectivity index (χ0n) is 19.3. The smallest absolute Gasteiger partial charge is 0.317 e. The van der Waals surface area contributed by atoms with Crippen molar-refractivity contribution in [3.63, 3.8) is 0 Å². The van der Waals surface area contributed by atoms with Crippen molar-refractivity contribution in [3.8, 4) is 0 Å². The van der Waals surface area contributed by atoms with Crippen LogP contribution in [0.25, 0.3) is 0 Å². The van der Waals surface area contributed by atoms with Gasteiger partial charge in [-0.15, -0.1) is 0 Å². The fraction of sp³-hybridized carbons (Fsp3) is 0.500. The largest absolute Gasteiger partial charge is 0.480 e. The highest BCUT2D eigenvalue weighted by Gasteiger charge is 2.29. The Morgan fingerprint density at radius 1 is 0.657 bits per heavy atom. The van der Waals surface area contributed by atoms with Crippen LogP contribution in [0.1, 0.15) is 12.5 Å². The highest BCUT2D eigenvalue weighted by Crippen LogP contribution is 2.13. The average molecular weight is 498 g/mol. The summed E-state index contributed by atoms with van der Waals surface area (Å²) in [6.07, 6.45) is 0.222. The minimum atomic E-state index is -1.25. The maximum Gasteiger partial charge on any atom is 0.317 e. The minimum Gasteiger partial charge on any atom is -0.480 e. The van der Waals surface area contributed by atoms with Crippen molar-refractivity contribution in [2.75, 3.05) is 45.8 Å². The number of hydrogen-bond acceptors (Lipinski definition) is 8. The molecule has 1 rings (SSSR count). The lowest BCUT2D eigenvalue weighted by Crippen LogP contribution is -2.53. The van der Waals surface area contributed by atoms with E-state index in [0.29, 0.717) is 0 Å². The zero-order valence-corrected chi connectivity index (χ0v) is 19.3. The first-order chi connectivity index (χ1) is 16.4. The summed E-state index contributed by atoms with van der Waals surface area (Å²) in [4.78, 5) is 60.5. The number of hydrogen-bond donors (Lipinski definition) is 5. The van der Waals surface area contributed by atoms with Crippen LogP contribution in [-0.2, 0) is 30.4 Å². The highest BCUT2D eigenvalue weighted by molar-refractivity contribution is 5.73. The van der Waals surface area contributed by atoms with E-state index in [1.165, 1.54) is 9.80 Å². The predicted molar refractivity (Wildman–Crippen MR) is 121 cm³/mol. The summed E-state index contributed by atoms with van der Waals surface area (Å²) in [6, 6.07) is 7.45. The van der Waals surface area contributed by atoms with Crippen LogP contribution in [0.15, 0.2) is 30.3 Å². The number of carbonyl (C=O) groups is 5. The molecule has 0 heterocycles. The molecule has 0 aromatic heterocycles. The van der Waals surface area contributed by atoms with Gasteiger partial charge >= 0.3 is 29.8 Å². The van der Waals surface area contributed by atoms with E-state index >= 15 is 0 Å². The fourth-order valence-electron chi connectivity index (χ4n) is 3.75. The van der Waals surface area contributed by atoms with Crippen molar-refractivity contribution in [2.24, 2.45) is 0 Å². The minimum absolute atomic E-state index is 0.0495. The molecule has 0 radical (unpaired) electrons. The predicted octanol–water partition coefficient (Wildman–Crippen LogP) is -0.685. The standard InChI is InChI=1S/C22H31N3O10/c1-15(24(11-19(28)29)12-20(30)31)8-23(10-18(26)27)9-17(7-16-5-3-2-4-6-16)25(13-21(32)33)14-22(34)35/h2-6,15,17H,7-14H2,1H3,(H,26,27)(H,28,29)(H,30,31)(H,32,33)(H,34,35)/t15-,17-/m0/s1. The van der Waals surface area contributed by atoms with E-state index in [2.05, 4.69) is 0 Å². The van der Waals surface area contributed by atoms with Crippen LogP contribution >= 0.6 is 0 Å². The van der Waals surface area contributed by atoms with Crippen LogP contribution in [0, 0.1) is 0 Å². The van der Waals surface area contributed by atoms with E-state index in [0.717, 1.165) is 10.5 Å². The molecule has 35 heavy (non-hydrogen) atoms. The fourth-order valence-corrected chi connectivity index (χ4v) is 3.75. The summed E-state index contributed by atoms with van der Waals surface area (Å²) in [7, 11) is 0. The molecule has 0 unspecified atom stereocenters. The average Bonchev–Trinajstić information content (AvgIpc) is 2.71. The summed E-state index contributed by atoms with van der Waals surface area (Å²) >= 11 is 0. The third-order valence-electron chi connectivity index (χ3n) is 5.16.